The molecule has 0 spiro atoms. The van der Waals surface area contributed by atoms with Crippen LogP contribution in [0.1, 0.15) is 37.6 Å². The fraction of sp³-hybridized carbons (Fsp3) is 0.529. The number of amides is 1. The zero-order valence-electron chi connectivity index (χ0n) is 13.4. The lowest BCUT2D eigenvalue weighted by Crippen LogP contribution is -2.48. The third-order valence-electron chi connectivity index (χ3n) is 3.58. The van der Waals surface area contributed by atoms with Gasteiger partial charge in [-0.3, -0.25) is 4.79 Å². The van der Waals surface area contributed by atoms with Gasteiger partial charge in [0.25, 0.3) is 0 Å². The summed E-state index contributed by atoms with van der Waals surface area (Å²) < 4.78 is 5.29. The minimum Gasteiger partial charge on any atom is -0.444 e. The number of ether oxygens (including phenoxy) is 1. The first kappa shape index (κ1) is 16.5. The Hall–Kier alpha value is -1.88. The molecular weight excluding hydrogens is 280 g/mol. The summed E-state index contributed by atoms with van der Waals surface area (Å²) in [5.41, 5.74) is 0.0219. The summed E-state index contributed by atoms with van der Waals surface area (Å²) in [6.45, 7) is 6.99. The van der Waals surface area contributed by atoms with Crippen molar-refractivity contribution in [3.8, 4) is 0 Å². The predicted molar refractivity (Wildman–Crippen MR) is 84.9 cm³/mol. The minimum atomic E-state index is -0.585. The van der Waals surface area contributed by atoms with Crippen molar-refractivity contribution >= 4 is 11.9 Å². The van der Waals surface area contributed by atoms with Crippen LogP contribution in [0, 0.1) is 5.92 Å². The highest BCUT2D eigenvalue weighted by molar-refractivity contribution is 6.01. The number of alkyl carbamates (subject to hydrolysis) is 1. The molecule has 5 nitrogen and oxygen atoms in total. The van der Waals surface area contributed by atoms with Crippen LogP contribution in [-0.4, -0.2) is 36.6 Å². The lowest BCUT2D eigenvalue weighted by Gasteiger charge is -2.26. The Labute approximate surface area is 131 Å². The van der Waals surface area contributed by atoms with Gasteiger partial charge in [-0.15, -0.1) is 0 Å². The largest absolute Gasteiger partial charge is 0.444 e. The van der Waals surface area contributed by atoms with E-state index >= 15 is 0 Å². The molecule has 0 aromatic heterocycles. The summed E-state index contributed by atoms with van der Waals surface area (Å²) in [6, 6.07) is 8.50. The molecule has 1 aliphatic heterocycles. The lowest BCUT2D eigenvalue weighted by atomic mass is 9.91. The molecule has 0 radical (unpaired) electrons. The molecule has 22 heavy (non-hydrogen) atoms. The lowest BCUT2D eigenvalue weighted by molar-refractivity contribution is 0.0473. The SMILES string of the molecule is CC(C)(C)OC(=O)NC(C(=O)c1ccccc1)C1CCNC1. The molecule has 1 saturated heterocycles. The van der Waals surface area contributed by atoms with Gasteiger partial charge in [-0.2, -0.15) is 0 Å². The number of hydrogen-bond donors (Lipinski definition) is 2. The van der Waals surface area contributed by atoms with Crippen LogP contribution in [0.2, 0.25) is 0 Å². The van der Waals surface area contributed by atoms with E-state index in [2.05, 4.69) is 10.6 Å². The Morgan fingerprint density at radius 1 is 1.27 bits per heavy atom. The third-order valence-corrected chi connectivity index (χ3v) is 3.58. The molecule has 5 heteroatoms. The van der Waals surface area contributed by atoms with Crippen molar-refractivity contribution in [2.24, 2.45) is 5.92 Å². The van der Waals surface area contributed by atoms with E-state index in [0.717, 1.165) is 19.5 Å². The number of hydrogen-bond acceptors (Lipinski definition) is 4. The van der Waals surface area contributed by atoms with Crippen LogP contribution in [0.5, 0.6) is 0 Å². The number of nitrogens with one attached hydrogen (secondary N) is 2. The Bertz CT molecular complexity index is 516. The highest BCUT2D eigenvalue weighted by atomic mass is 16.6. The summed E-state index contributed by atoms with van der Waals surface area (Å²) in [7, 11) is 0. The monoisotopic (exact) mass is 304 g/mol. The van der Waals surface area contributed by atoms with Crippen LogP contribution in [0.25, 0.3) is 0 Å². The van der Waals surface area contributed by atoms with Gasteiger partial charge in [0.15, 0.2) is 5.78 Å². The molecule has 1 amide bonds. The van der Waals surface area contributed by atoms with Crippen molar-refractivity contribution in [3.63, 3.8) is 0 Å². The summed E-state index contributed by atoms with van der Waals surface area (Å²) >= 11 is 0. The highest BCUT2D eigenvalue weighted by Crippen LogP contribution is 2.18. The Morgan fingerprint density at radius 3 is 2.50 bits per heavy atom. The summed E-state index contributed by atoms with van der Waals surface area (Å²) in [6.07, 6.45) is 0.313. The summed E-state index contributed by atoms with van der Waals surface area (Å²) in [5, 5.41) is 6.00. The maximum absolute atomic E-state index is 12.7. The Kier molecular flexibility index (Phi) is 5.19. The van der Waals surface area contributed by atoms with Gasteiger partial charge in [0.05, 0.1) is 6.04 Å². The van der Waals surface area contributed by atoms with Gasteiger partial charge in [-0.05, 0) is 33.7 Å². The zero-order valence-corrected chi connectivity index (χ0v) is 13.4. The van der Waals surface area contributed by atoms with Gasteiger partial charge in [0, 0.05) is 18.0 Å². The number of benzene rings is 1. The first-order valence-corrected chi connectivity index (χ1v) is 7.66. The van der Waals surface area contributed by atoms with Crippen molar-refractivity contribution in [1.29, 1.82) is 0 Å². The molecule has 2 rings (SSSR count). The van der Waals surface area contributed by atoms with Crippen LogP contribution >= 0.6 is 0 Å². The van der Waals surface area contributed by atoms with Gasteiger partial charge in [-0.25, -0.2) is 4.79 Å². The number of Topliss-reactive ketones (excluding diaryl/α,β-unsaturated/α-hetero) is 1. The van der Waals surface area contributed by atoms with Crippen molar-refractivity contribution in [1.82, 2.24) is 10.6 Å². The molecule has 0 saturated carbocycles. The van der Waals surface area contributed by atoms with Crippen molar-refractivity contribution < 1.29 is 14.3 Å². The normalized spacial score (nSPS) is 19.5. The van der Waals surface area contributed by atoms with E-state index in [-0.39, 0.29) is 11.7 Å². The molecule has 0 bridgehead atoms. The van der Waals surface area contributed by atoms with Crippen LogP contribution in [0.4, 0.5) is 4.79 Å². The van der Waals surface area contributed by atoms with Crippen LogP contribution < -0.4 is 10.6 Å². The van der Waals surface area contributed by atoms with Gasteiger partial charge >= 0.3 is 6.09 Å². The van der Waals surface area contributed by atoms with Crippen LogP contribution in [-0.2, 0) is 4.74 Å². The van der Waals surface area contributed by atoms with Crippen LogP contribution in [0.15, 0.2) is 30.3 Å². The molecular formula is C17H24N2O3. The number of rotatable bonds is 4. The third kappa shape index (κ3) is 4.56. The second kappa shape index (κ2) is 6.92. The Balaban J connectivity index is 2.13. The minimum absolute atomic E-state index is 0.0693. The average Bonchev–Trinajstić information content (AvgIpc) is 2.97. The number of ketones is 1. The van der Waals surface area contributed by atoms with Crippen molar-refractivity contribution in [2.75, 3.05) is 13.1 Å². The van der Waals surface area contributed by atoms with E-state index in [4.69, 9.17) is 4.74 Å². The average molecular weight is 304 g/mol. The molecule has 1 aromatic rings. The van der Waals surface area contributed by atoms with E-state index in [1.165, 1.54) is 0 Å². The molecule has 1 fully saturated rings. The molecule has 120 valence electrons. The fourth-order valence-electron chi connectivity index (χ4n) is 2.58. The standard InChI is InChI=1S/C17H24N2O3/c1-17(2,3)22-16(21)19-14(13-9-10-18-11-13)15(20)12-7-5-4-6-8-12/h4-8,13-14,18H,9-11H2,1-3H3,(H,19,21). The Morgan fingerprint density at radius 2 is 1.95 bits per heavy atom. The second-order valence-electron chi connectivity index (χ2n) is 6.61. The fourth-order valence-corrected chi connectivity index (χ4v) is 2.58. The molecule has 1 heterocycles. The molecule has 0 aliphatic carbocycles. The van der Waals surface area contributed by atoms with E-state index in [1.54, 1.807) is 32.9 Å². The zero-order chi connectivity index (χ0) is 16.2. The van der Waals surface area contributed by atoms with E-state index in [9.17, 15) is 9.59 Å². The van der Waals surface area contributed by atoms with Crippen molar-refractivity contribution in [3.05, 3.63) is 35.9 Å². The molecule has 1 aromatic carbocycles. The second-order valence-corrected chi connectivity index (χ2v) is 6.61. The van der Waals surface area contributed by atoms with Gasteiger partial charge in [0.1, 0.15) is 5.60 Å². The van der Waals surface area contributed by atoms with E-state index in [0.29, 0.717) is 5.56 Å². The first-order valence-electron chi connectivity index (χ1n) is 7.66. The van der Waals surface area contributed by atoms with Gasteiger partial charge in [-0.1, -0.05) is 30.3 Å². The maximum atomic E-state index is 12.7. The number of carbonyl (C=O) groups excluding carboxylic acids is 2. The number of carbonyl (C=O) groups is 2. The van der Waals surface area contributed by atoms with Crippen molar-refractivity contribution in [2.45, 2.75) is 38.8 Å². The summed E-state index contributed by atoms with van der Waals surface area (Å²) in [5.74, 6) is 0.0142. The van der Waals surface area contributed by atoms with E-state index in [1.807, 2.05) is 18.2 Å². The molecule has 1 aliphatic rings. The highest BCUT2D eigenvalue weighted by Gasteiger charge is 2.33. The quantitative estimate of drug-likeness (QED) is 0.838. The molecule has 2 N–H and O–H groups in total. The van der Waals surface area contributed by atoms with Gasteiger partial charge < -0.3 is 15.4 Å². The smallest absolute Gasteiger partial charge is 0.408 e. The van der Waals surface area contributed by atoms with Gasteiger partial charge in [0.2, 0.25) is 0 Å². The predicted octanol–water partition coefficient (Wildman–Crippen LogP) is 2.37. The molecule has 2 atom stereocenters. The van der Waals surface area contributed by atoms with Crippen LogP contribution in [0.3, 0.4) is 0 Å². The first-order chi connectivity index (χ1) is 10.4. The topological polar surface area (TPSA) is 67.4 Å². The van der Waals surface area contributed by atoms with E-state index < -0.39 is 17.7 Å². The maximum Gasteiger partial charge on any atom is 0.408 e. The molecule has 2 unspecified atom stereocenters. The summed E-state index contributed by atoms with van der Waals surface area (Å²) in [4.78, 5) is 24.8.